The SMILES string of the molecule is NC(=O)c1ccn(-c2nc(Cl)ncc2Br)n1. The Hall–Kier alpha value is -1.47. The molecule has 0 spiro atoms. The van der Waals surface area contributed by atoms with Crippen LogP contribution in [0, 0.1) is 0 Å². The number of rotatable bonds is 2. The fourth-order valence-electron chi connectivity index (χ4n) is 1.07. The van der Waals surface area contributed by atoms with E-state index in [9.17, 15) is 4.79 Å². The Bertz CT molecular complexity index is 555. The Morgan fingerprint density at radius 3 is 2.94 bits per heavy atom. The molecule has 0 aliphatic heterocycles. The number of carbonyl (C=O) groups excluding carboxylic acids is 1. The van der Waals surface area contributed by atoms with Crippen LogP contribution in [-0.2, 0) is 0 Å². The molecular weight excluding hydrogens is 297 g/mol. The summed E-state index contributed by atoms with van der Waals surface area (Å²) in [6.07, 6.45) is 3.06. The number of amides is 1. The Morgan fingerprint density at radius 2 is 2.31 bits per heavy atom. The molecule has 2 aromatic rings. The van der Waals surface area contributed by atoms with Gasteiger partial charge in [-0.15, -0.1) is 0 Å². The highest BCUT2D eigenvalue weighted by molar-refractivity contribution is 9.10. The van der Waals surface area contributed by atoms with Gasteiger partial charge in [0.1, 0.15) is 5.69 Å². The lowest BCUT2D eigenvalue weighted by molar-refractivity contribution is 0.0995. The van der Waals surface area contributed by atoms with Gasteiger partial charge in [-0.25, -0.2) is 9.67 Å². The highest BCUT2D eigenvalue weighted by atomic mass is 79.9. The molecule has 0 saturated carbocycles. The zero-order chi connectivity index (χ0) is 11.7. The summed E-state index contributed by atoms with van der Waals surface area (Å²) in [7, 11) is 0. The first-order valence-electron chi connectivity index (χ1n) is 4.12. The number of hydrogen-bond donors (Lipinski definition) is 1. The van der Waals surface area contributed by atoms with Gasteiger partial charge in [-0.2, -0.15) is 10.1 Å². The average Bonchev–Trinajstić information content (AvgIpc) is 2.70. The summed E-state index contributed by atoms with van der Waals surface area (Å²) in [4.78, 5) is 18.6. The van der Waals surface area contributed by atoms with E-state index in [0.717, 1.165) is 0 Å². The van der Waals surface area contributed by atoms with Gasteiger partial charge in [0.05, 0.1) is 4.47 Å². The molecule has 8 heteroatoms. The van der Waals surface area contributed by atoms with Gasteiger partial charge in [-0.1, -0.05) is 0 Å². The van der Waals surface area contributed by atoms with Crippen LogP contribution >= 0.6 is 27.5 Å². The van der Waals surface area contributed by atoms with E-state index >= 15 is 0 Å². The van der Waals surface area contributed by atoms with Crippen LogP contribution in [-0.4, -0.2) is 25.7 Å². The summed E-state index contributed by atoms with van der Waals surface area (Å²) in [5, 5.41) is 4.04. The molecule has 2 aromatic heterocycles. The van der Waals surface area contributed by atoms with Gasteiger partial charge in [0.15, 0.2) is 5.82 Å². The molecule has 0 aromatic carbocycles. The number of aromatic nitrogens is 4. The van der Waals surface area contributed by atoms with Crippen molar-refractivity contribution < 1.29 is 4.79 Å². The molecule has 2 rings (SSSR count). The third-order valence-electron chi connectivity index (χ3n) is 1.75. The third kappa shape index (κ3) is 2.05. The number of primary amides is 1. The highest BCUT2D eigenvalue weighted by Gasteiger charge is 2.10. The zero-order valence-electron chi connectivity index (χ0n) is 7.76. The summed E-state index contributed by atoms with van der Waals surface area (Å²) >= 11 is 8.91. The number of halogens is 2. The second-order valence-electron chi connectivity index (χ2n) is 2.82. The normalized spacial score (nSPS) is 10.4. The molecule has 2 heterocycles. The molecule has 2 N–H and O–H groups in total. The van der Waals surface area contributed by atoms with Gasteiger partial charge < -0.3 is 5.73 Å². The molecule has 0 aliphatic carbocycles. The van der Waals surface area contributed by atoms with Gasteiger partial charge in [-0.05, 0) is 33.6 Å². The quantitative estimate of drug-likeness (QED) is 0.844. The van der Waals surface area contributed by atoms with Gasteiger partial charge in [0, 0.05) is 12.4 Å². The summed E-state index contributed by atoms with van der Waals surface area (Å²) in [5.41, 5.74) is 5.24. The van der Waals surface area contributed by atoms with Crippen LogP contribution < -0.4 is 5.73 Å². The maximum atomic E-state index is 10.9. The van der Waals surface area contributed by atoms with Crippen LogP contribution in [0.5, 0.6) is 0 Å². The van der Waals surface area contributed by atoms with E-state index in [1.807, 2.05) is 0 Å². The maximum absolute atomic E-state index is 10.9. The second kappa shape index (κ2) is 4.18. The molecule has 82 valence electrons. The smallest absolute Gasteiger partial charge is 0.269 e. The van der Waals surface area contributed by atoms with E-state index in [4.69, 9.17) is 17.3 Å². The third-order valence-corrected chi connectivity index (χ3v) is 2.50. The Morgan fingerprint density at radius 1 is 1.56 bits per heavy atom. The summed E-state index contributed by atoms with van der Waals surface area (Å²) in [5.74, 6) is -0.164. The fraction of sp³-hybridized carbons (Fsp3) is 0. The molecule has 6 nitrogen and oxygen atoms in total. The Balaban J connectivity index is 2.50. The van der Waals surface area contributed by atoms with Crippen molar-refractivity contribution in [3.8, 4) is 5.82 Å². The molecule has 0 saturated heterocycles. The number of hydrogen-bond acceptors (Lipinski definition) is 4. The Kier molecular flexibility index (Phi) is 2.88. The van der Waals surface area contributed by atoms with Crippen molar-refractivity contribution in [2.45, 2.75) is 0 Å². The summed E-state index contributed by atoms with van der Waals surface area (Å²) in [6, 6.07) is 1.49. The molecule has 0 aliphatic rings. The van der Waals surface area contributed by atoms with E-state index < -0.39 is 5.91 Å². The van der Waals surface area contributed by atoms with Crippen LogP contribution in [0.3, 0.4) is 0 Å². The van der Waals surface area contributed by atoms with Crippen molar-refractivity contribution in [3.05, 3.63) is 33.9 Å². The van der Waals surface area contributed by atoms with Crippen molar-refractivity contribution in [1.82, 2.24) is 19.7 Å². The molecule has 0 atom stereocenters. The minimum Gasteiger partial charge on any atom is -0.364 e. The molecule has 1 amide bonds. The van der Waals surface area contributed by atoms with Gasteiger partial charge >= 0.3 is 0 Å². The molecular formula is C8H5BrClN5O. The first-order chi connectivity index (χ1) is 7.58. The standard InChI is InChI=1S/C8H5BrClN5O/c9-4-3-12-8(10)13-7(4)15-2-1-5(14-15)6(11)16/h1-3H,(H2,11,16). The van der Waals surface area contributed by atoms with Gasteiger partial charge in [0.2, 0.25) is 5.28 Å². The van der Waals surface area contributed by atoms with E-state index in [2.05, 4.69) is 31.0 Å². The largest absolute Gasteiger partial charge is 0.364 e. The average molecular weight is 303 g/mol. The topological polar surface area (TPSA) is 86.7 Å². The van der Waals surface area contributed by atoms with E-state index in [1.54, 1.807) is 6.20 Å². The first kappa shape index (κ1) is 11.0. The summed E-state index contributed by atoms with van der Waals surface area (Å²) < 4.78 is 1.99. The second-order valence-corrected chi connectivity index (χ2v) is 4.01. The number of nitrogens with two attached hydrogens (primary N) is 1. The summed E-state index contributed by atoms with van der Waals surface area (Å²) in [6.45, 7) is 0. The van der Waals surface area contributed by atoms with E-state index in [1.165, 1.54) is 16.9 Å². The predicted molar refractivity (Wildman–Crippen MR) is 60.4 cm³/mol. The monoisotopic (exact) mass is 301 g/mol. The lowest BCUT2D eigenvalue weighted by Gasteiger charge is -2.02. The van der Waals surface area contributed by atoms with Crippen molar-refractivity contribution in [1.29, 1.82) is 0 Å². The lowest BCUT2D eigenvalue weighted by atomic mass is 10.4. The maximum Gasteiger partial charge on any atom is 0.269 e. The minimum absolute atomic E-state index is 0.0920. The van der Waals surface area contributed by atoms with E-state index in [-0.39, 0.29) is 11.0 Å². The van der Waals surface area contributed by atoms with Crippen LogP contribution in [0.4, 0.5) is 0 Å². The van der Waals surface area contributed by atoms with Crippen LogP contribution in [0.15, 0.2) is 22.9 Å². The van der Waals surface area contributed by atoms with Gasteiger partial charge in [0.25, 0.3) is 5.91 Å². The molecule has 0 radical (unpaired) electrons. The zero-order valence-corrected chi connectivity index (χ0v) is 10.1. The van der Waals surface area contributed by atoms with Crippen molar-refractivity contribution in [2.75, 3.05) is 0 Å². The number of carbonyl (C=O) groups is 1. The van der Waals surface area contributed by atoms with E-state index in [0.29, 0.717) is 10.3 Å². The molecule has 0 unspecified atom stereocenters. The molecule has 16 heavy (non-hydrogen) atoms. The molecule has 0 fully saturated rings. The van der Waals surface area contributed by atoms with Crippen molar-refractivity contribution >= 4 is 33.4 Å². The van der Waals surface area contributed by atoms with Crippen LogP contribution in [0.1, 0.15) is 10.5 Å². The van der Waals surface area contributed by atoms with Crippen molar-refractivity contribution in [3.63, 3.8) is 0 Å². The number of nitrogens with zero attached hydrogens (tertiary/aromatic N) is 4. The minimum atomic E-state index is -0.602. The molecule has 0 bridgehead atoms. The predicted octanol–water partition coefficient (Wildman–Crippen LogP) is 1.18. The van der Waals surface area contributed by atoms with Crippen LogP contribution in [0.25, 0.3) is 5.82 Å². The fourth-order valence-corrected chi connectivity index (χ4v) is 1.57. The van der Waals surface area contributed by atoms with Crippen molar-refractivity contribution in [2.24, 2.45) is 5.73 Å². The highest BCUT2D eigenvalue weighted by Crippen LogP contribution is 2.18. The lowest BCUT2D eigenvalue weighted by Crippen LogP contribution is -2.12. The Labute approximate surface area is 104 Å². The van der Waals surface area contributed by atoms with Gasteiger partial charge in [-0.3, -0.25) is 4.79 Å². The van der Waals surface area contributed by atoms with Crippen LogP contribution in [0.2, 0.25) is 5.28 Å². The first-order valence-corrected chi connectivity index (χ1v) is 5.29.